The van der Waals surface area contributed by atoms with Gasteiger partial charge in [-0.3, -0.25) is 4.79 Å². The summed E-state index contributed by atoms with van der Waals surface area (Å²) in [5, 5.41) is 2.98. The van der Waals surface area contributed by atoms with Crippen LogP contribution in [0.5, 0.6) is 5.75 Å². The van der Waals surface area contributed by atoms with Crippen molar-refractivity contribution in [3.63, 3.8) is 0 Å². The first-order valence-electron chi connectivity index (χ1n) is 8.04. The Labute approximate surface area is 143 Å². The zero-order valence-corrected chi connectivity index (χ0v) is 15.0. The minimum absolute atomic E-state index is 0.145. The second-order valence-electron chi connectivity index (χ2n) is 6.07. The molecule has 4 nitrogen and oxygen atoms in total. The molecule has 0 aliphatic heterocycles. The molecule has 0 aromatic heterocycles. The normalized spacial score (nSPS) is 11.9. The number of nitrogens with one attached hydrogen (secondary N) is 1. The van der Waals surface area contributed by atoms with Crippen molar-refractivity contribution in [2.45, 2.75) is 40.4 Å². The summed E-state index contributed by atoms with van der Waals surface area (Å²) in [4.78, 5) is 12.4. The maximum absolute atomic E-state index is 12.4. The van der Waals surface area contributed by atoms with Gasteiger partial charge in [-0.2, -0.15) is 0 Å². The van der Waals surface area contributed by atoms with Crippen molar-refractivity contribution < 1.29 is 14.3 Å². The Bertz CT molecular complexity index is 702. The molecular weight excluding hydrogens is 302 g/mol. The number of amides is 1. The van der Waals surface area contributed by atoms with Crippen LogP contribution >= 0.6 is 0 Å². The van der Waals surface area contributed by atoms with Gasteiger partial charge in [0.25, 0.3) is 5.91 Å². The Morgan fingerprint density at radius 2 is 1.79 bits per heavy atom. The first-order valence-corrected chi connectivity index (χ1v) is 8.04. The van der Waals surface area contributed by atoms with Gasteiger partial charge in [0.2, 0.25) is 0 Å². The molecule has 0 spiro atoms. The van der Waals surface area contributed by atoms with E-state index in [2.05, 4.69) is 17.4 Å². The number of rotatable bonds is 6. The van der Waals surface area contributed by atoms with E-state index >= 15 is 0 Å². The third kappa shape index (κ3) is 4.59. The van der Waals surface area contributed by atoms with E-state index in [-0.39, 0.29) is 5.91 Å². The predicted molar refractivity (Wildman–Crippen MR) is 96.5 cm³/mol. The van der Waals surface area contributed by atoms with E-state index in [4.69, 9.17) is 9.47 Å². The molecule has 1 atom stereocenters. The second kappa shape index (κ2) is 7.97. The van der Waals surface area contributed by atoms with Crippen LogP contribution in [0.4, 0.5) is 5.69 Å². The van der Waals surface area contributed by atoms with Crippen molar-refractivity contribution in [2.75, 3.05) is 12.4 Å². The molecule has 24 heavy (non-hydrogen) atoms. The number of carbonyl (C=O) groups is 1. The lowest BCUT2D eigenvalue weighted by molar-refractivity contribution is -0.127. The summed E-state index contributed by atoms with van der Waals surface area (Å²) in [6, 6.07) is 11.7. The fourth-order valence-electron chi connectivity index (χ4n) is 2.66. The number of hydrogen-bond acceptors (Lipinski definition) is 3. The fraction of sp³-hybridized carbons (Fsp3) is 0.350. The zero-order valence-electron chi connectivity index (χ0n) is 15.0. The standard InChI is InChI=1S/C20H25NO3/c1-13-9-14(2)19(15(3)10-13)21-20(22)16(4)24-12-17-7-6-8-18(11-17)23-5/h6-11,16H,12H2,1-5H3,(H,21,22). The molecular formula is C20H25NO3. The van der Waals surface area contributed by atoms with Crippen molar-refractivity contribution in [2.24, 2.45) is 0 Å². The largest absolute Gasteiger partial charge is 0.497 e. The van der Waals surface area contributed by atoms with Crippen molar-refractivity contribution in [1.29, 1.82) is 0 Å². The highest BCUT2D eigenvalue weighted by Crippen LogP contribution is 2.22. The monoisotopic (exact) mass is 327 g/mol. The molecule has 0 fully saturated rings. The quantitative estimate of drug-likeness (QED) is 0.866. The smallest absolute Gasteiger partial charge is 0.253 e. The molecule has 0 aliphatic carbocycles. The van der Waals surface area contributed by atoms with Crippen LogP contribution in [0, 0.1) is 20.8 Å². The van der Waals surface area contributed by atoms with E-state index in [0.717, 1.165) is 28.1 Å². The van der Waals surface area contributed by atoms with E-state index in [1.165, 1.54) is 5.56 Å². The van der Waals surface area contributed by atoms with Gasteiger partial charge < -0.3 is 14.8 Å². The first kappa shape index (κ1) is 18.0. The minimum atomic E-state index is -0.545. The molecule has 2 rings (SSSR count). The molecule has 2 aromatic carbocycles. The fourth-order valence-corrected chi connectivity index (χ4v) is 2.66. The van der Waals surface area contributed by atoms with Crippen LogP contribution in [0.15, 0.2) is 36.4 Å². The number of ether oxygens (including phenoxy) is 2. The van der Waals surface area contributed by atoms with Gasteiger partial charge >= 0.3 is 0 Å². The van der Waals surface area contributed by atoms with E-state index < -0.39 is 6.10 Å². The summed E-state index contributed by atoms with van der Waals surface area (Å²) in [6.07, 6.45) is -0.545. The van der Waals surface area contributed by atoms with Gasteiger partial charge in [-0.05, 0) is 56.5 Å². The van der Waals surface area contributed by atoms with E-state index in [0.29, 0.717) is 6.61 Å². The first-order chi connectivity index (χ1) is 11.4. The Kier molecular flexibility index (Phi) is 5.99. The maximum atomic E-state index is 12.4. The van der Waals surface area contributed by atoms with Crippen LogP contribution in [0.1, 0.15) is 29.2 Å². The van der Waals surface area contributed by atoms with Crippen LogP contribution < -0.4 is 10.1 Å². The number of aryl methyl sites for hydroxylation is 3. The topological polar surface area (TPSA) is 47.6 Å². The van der Waals surface area contributed by atoms with E-state index in [1.54, 1.807) is 14.0 Å². The van der Waals surface area contributed by atoms with E-state index in [9.17, 15) is 4.79 Å². The summed E-state index contributed by atoms with van der Waals surface area (Å²) in [5.41, 5.74) is 5.13. The molecule has 0 radical (unpaired) electrons. The van der Waals surface area contributed by atoms with E-state index in [1.807, 2.05) is 45.0 Å². The summed E-state index contributed by atoms with van der Waals surface area (Å²) >= 11 is 0. The lowest BCUT2D eigenvalue weighted by Gasteiger charge is -2.17. The highest BCUT2D eigenvalue weighted by molar-refractivity contribution is 5.95. The van der Waals surface area contributed by atoms with Gasteiger partial charge in [-0.25, -0.2) is 0 Å². The molecule has 128 valence electrons. The number of hydrogen-bond donors (Lipinski definition) is 1. The Morgan fingerprint density at radius 1 is 1.12 bits per heavy atom. The van der Waals surface area contributed by atoms with Gasteiger partial charge in [0.05, 0.1) is 13.7 Å². The minimum Gasteiger partial charge on any atom is -0.497 e. The number of anilines is 1. The Balaban J connectivity index is 1.97. The van der Waals surface area contributed by atoms with Crippen molar-refractivity contribution in [3.8, 4) is 5.75 Å². The lowest BCUT2D eigenvalue weighted by Crippen LogP contribution is -2.28. The molecule has 1 N–H and O–H groups in total. The lowest BCUT2D eigenvalue weighted by atomic mass is 10.0. The average molecular weight is 327 g/mol. The number of carbonyl (C=O) groups excluding carboxylic acids is 1. The molecule has 1 unspecified atom stereocenters. The van der Waals surface area contributed by atoms with Crippen LogP contribution in [0.2, 0.25) is 0 Å². The Hall–Kier alpha value is -2.33. The van der Waals surface area contributed by atoms with Crippen LogP contribution in [-0.4, -0.2) is 19.1 Å². The maximum Gasteiger partial charge on any atom is 0.253 e. The molecule has 0 saturated carbocycles. The summed E-state index contributed by atoms with van der Waals surface area (Å²) in [5.74, 6) is 0.632. The zero-order chi connectivity index (χ0) is 17.7. The summed E-state index contributed by atoms with van der Waals surface area (Å²) in [7, 11) is 1.63. The van der Waals surface area contributed by atoms with Gasteiger partial charge in [0.15, 0.2) is 0 Å². The van der Waals surface area contributed by atoms with Crippen molar-refractivity contribution >= 4 is 11.6 Å². The Morgan fingerprint density at radius 3 is 2.42 bits per heavy atom. The molecule has 0 heterocycles. The van der Waals surface area contributed by atoms with Crippen LogP contribution in [-0.2, 0) is 16.1 Å². The third-order valence-electron chi connectivity index (χ3n) is 3.93. The third-order valence-corrected chi connectivity index (χ3v) is 3.93. The van der Waals surface area contributed by atoms with Crippen molar-refractivity contribution in [1.82, 2.24) is 0 Å². The second-order valence-corrected chi connectivity index (χ2v) is 6.07. The average Bonchev–Trinajstić information content (AvgIpc) is 2.55. The molecule has 4 heteroatoms. The molecule has 2 aromatic rings. The summed E-state index contributed by atoms with van der Waals surface area (Å²) in [6.45, 7) is 8.16. The number of methoxy groups -OCH3 is 1. The number of benzene rings is 2. The highest BCUT2D eigenvalue weighted by Gasteiger charge is 2.16. The molecule has 1 amide bonds. The van der Waals surface area contributed by atoms with Gasteiger partial charge in [-0.15, -0.1) is 0 Å². The van der Waals surface area contributed by atoms with Crippen LogP contribution in [0.3, 0.4) is 0 Å². The predicted octanol–water partition coefficient (Wildman–Crippen LogP) is 4.16. The molecule has 0 aliphatic rings. The van der Waals surface area contributed by atoms with Crippen molar-refractivity contribution in [3.05, 3.63) is 58.7 Å². The van der Waals surface area contributed by atoms with Gasteiger partial charge in [0, 0.05) is 5.69 Å². The molecule has 0 bridgehead atoms. The van der Waals surface area contributed by atoms with Crippen LogP contribution in [0.25, 0.3) is 0 Å². The summed E-state index contributed by atoms with van der Waals surface area (Å²) < 4.78 is 10.9. The highest BCUT2D eigenvalue weighted by atomic mass is 16.5. The SMILES string of the molecule is COc1cccc(COC(C)C(=O)Nc2c(C)cc(C)cc2C)c1. The molecule has 0 saturated heterocycles. The van der Waals surface area contributed by atoms with Gasteiger partial charge in [0.1, 0.15) is 11.9 Å². The van der Waals surface area contributed by atoms with Gasteiger partial charge in [-0.1, -0.05) is 29.8 Å².